The van der Waals surface area contributed by atoms with Gasteiger partial charge in [0.25, 0.3) is 6.02 Å². The summed E-state index contributed by atoms with van der Waals surface area (Å²) in [5.41, 5.74) is 1.77. The van der Waals surface area contributed by atoms with E-state index in [0.717, 1.165) is 20.9 Å². The molecular weight excluding hydrogens is 415 g/mol. The second kappa shape index (κ2) is 8.19. The Balaban J connectivity index is 1.63. The minimum absolute atomic E-state index is 0.202. The summed E-state index contributed by atoms with van der Waals surface area (Å²) in [6, 6.07) is 15.7. The average molecular weight is 429 g/mol. The van der Waals surface area contributed by atoms with Crippen molar-refractivity contribution in [2.24, 2.45) is 4.99 Å². The first-order chi connectivity index (χ1) is 13.7. The van der Waals surface area contributed by atoms with Gasteiger partial charge < -0.3 is 4.74 Å². The second-order valence-corrected chi connectivity index (χ2v) is 7.88. The normalized spacial score (nSPS) is 16.1. The van der Waals surface area contributed by atoms with Crippen molar-refractivity contribution in [2.45, 2.75) is 19.1 Å². The Kier molecular flexibility index (Phi) is 5.49. The minimum Gasteiger partial charge on any atom is -0.460 e. The fourth-order valence-corrected chi connectivity index (χ4v) is 4.16. The number of nitrogens with zero attached hydrogens (tertiary/aromatic N) is 4. The highest BCUT2D eigenvalue weighted by Crippen LogP contribution is 2.32. The van der Waals surface area contributed by atoms with Gasteiger partial charge in [0, 0.05) is 6.20 Å². The monoisotopic (exact) mass is 428 g/mol. The van der Waals surface area contributed by atoms with Gasteiger partial charge >= 0.3 is 0 Å². The summed E-state index contributed by atoms with van der Waals surface area (Å²) in [6.07, 6.45) is 3.83. The van der Waals surface area contributed by atoms with Gasteiger partial charge in [-0.1, -0.05) is 52.7 Å². The van der Waals surface area contributed by atoms with Gasteiger partial charge in [0.05, 0.1) is 38.8 Å². The SMILES string of the molecule is N#CCC1C=CN=C(OCc2ccc(Cl)c(Cl)c2)N1c1nc2ccccc2s1. The number of aromatic nitrogens is 1. The molecule has 0 radical (unpaired) electrons. The number of benzene rings is 2. The number of thiazole rings is 1. The van der Waals surface area contributed by atoms with Crippen LogP contribution in [0.3, 0.4) is 0 Å². The molecule has 0 saturated heterocycles. The van der Waals surface area contributed by atoms with Gasteiger partial charge in [-0.25, -0.2) is 9.98 Å². The third-order valence-corrected chi connectivity index (χ3v) is 5.95. The number of hydrogen-bond donors (Lipinski definition) is 0. The Morgan fingerprint density at radius 2 is 2.04 bits per heavy atom. The Bertz CT molecular complexity index is 1090. The number of ether oxygens (including phenoxy) is 1. The van der Waals surface area contributed by atoms with E-state index in [0.29, 0.717) is 22.5 Å². The maximum atomic E-state index is 9.24. The lowest BCUT2D eigenvalue weighted by Gasteiger charge is -2.30. The lowest BCUT2D eigenvalue weighted by Crippen LogP contribution is -2.42. The molecule has 1 aliphatic heterocycles. The fraction of sp³-hybridized carbons (Fsp3) is 0.150. The molecule has 1 aliphatic rings. The van der Waals surface area contributed by atoms with E-state index in [1.54, 1.807) is 18.3 Å². The zero-order chi connectivity index (χ0) is 19.5. The van der Waals surface area contributed by atoms with Crippen LogP contribution in [0, 0.1) is 11.3 Å². The highest BCUT2D eigenvalue weighted by molar-refractivity contribution is 7.22. The summed E-state index contributed by atoms with van der Waals surface area (Å²) in [6.45, 7) is 0.268. The molecule has 0 amide bonds. The predicted octanol–water partition coefficient (Wildman–Crippen LogP) is 5.79. The molecule has 0 aliphatic carbocycles. The van der Waals surface area contributed by atoms with Crippen molar-refractivity contribution in [3.05, 3.63) is 70.3 Å². The highest BCUT2D eigenvalue weighted by Gasteiger charge is 2.28. The highest BCUT2D eigenvalue weighted by atomic mass is 35.5. The van der Waals surface area contributed by atoms with Gasteiger partial charge in [-0.15, -0.1) is 0 Å². The zero-order valence-electron chi connectivity index (χ0n) is 14.5. The molecule has 0 spiro atoms. The molecule has 5 nitrogen and oxygen atoms in total. The van der Waals surface area contributed by atoms with Crippen LogP contribution in [0.5, 0.6) is 0 Å². The largest absolute Gasteiger partial charge is 0.460 e. The Morgan fingerprint density at radius 3 is 2.82 bits per heavy atom. The lowest BCUT2D eigenvalue weighted by molar-refractivity contribution is 0.281. The van der Waals surface area contributed by atoms with Crippen LogP contribution < -0.4 is 4.90 Å². The van der Waals surface area contributed by atoms with E-state index in [-0.39, 0.29) is 12.6 Å². The first-order valence-corrected chi connectivity index (χ1v) is 10.1. The molecule has 8 heteroatoms. The zero-order valence-corrected chi connectivity index (χ0v) is 16.9. The van der Waals surface area contributed by atoms with E-state index in [1.807, 2.05) is 41.3 Å². The van der Waals surface area contributed by atoms with Crippen LogP contribution >= 0.6 is 34.5 Å². The van der Waals surface area contributed by atoms with Gasteiger partial charge in [-0.05, 0) is 35.9 Å². The van der Waals surface area contributed by atoms with Gasteiger partial charge in [0.1, 0.15) is 6.61 Å². The fourth-order valence-electron chi connectivity index (χ4n) is 2.82. The number of anilines is 1. The molecule has 2 heterocycles. The smallest absolute Gasteiger partial charge is 0.299 e. The first-order valence-electron chi connectivity index (χ1n) is 8.48. The molecule has 1 unspecified atom stereocenters. The molecule has 1 atom stereocenters. The number of amidine groups is 1. The first kappa shape index (κ1) is 18.8. The number of para-hydroxylation sites is 1. The van der Waals surface area contributed by atoms with Crippen molar-refractivity contribution in [3.63, 3.8) is 0 Å². The van der Waals surface area contributed by atoms with Crippen molar-refractivity contribution >= 4 is 55.9 Å². The Morgan fingerprint density at radius 1 is 1.18 bits per heavy atom. The van der Waals surface area contributed by atoms with Crippen LogP contribution in [0.1, 0.15) is 12.0 Å². The Hall–Kier alpha value is -2.59. The van der Waals surface area contributed by atoms with Crippen LogP contribution in [-0.2, 0) is 11.3 Å². The van der Waals surface area contributed by atoms with Crippen molar-refractivity contribution < 1.29 is 4.74 Å². The second-order valence-electron chi connectivity index (χ2n) is 6.05. The number of halogens is 2. The van der Waals surface area contributed by atoms with Crippen LogP contribution in [0.15, 0.2) is 59.7 Å². The van der Waals surface area contributed by atoms with Crippen LogP contribution in [0.2, 0.25) is 10.0 Å². The number of rotatable bonds is 4. The van der Waals surface area contributed by atoms with E-state index in [2.05, 4.69) is 11.1 Å². The van der Waals surface area contributed by atoms with Gasteiger partial charge in [0.15, 0.2) is 5.13 Å². The summed E-state index contributed by atoms with van der Waals surface area (Å²) in [5, 5.41) is 10.9. The van der Waals surface area contributed by atoms with E-state index in [4.69, 9.17) is 32.9 Å². The van der Waals surface area contributed by atoms with Crippen molar-refractivity contribution in [3.8, 4) is 6.07 Å². The summed E-state index contributed by atoms with van der Waals surface area (Å²) in [4.78, 5) is 11.0. The maximum absolute atomic E-state index is 9.24. The topological polar surface area (TPSA) is 61.5 Å². The molecule has 0 fully saturated rings. The number of fused-ring (bicyclic) bond motifs is 1. The molecule has 3 aromatic rings. The number of nitriles is 1. The van der Waals surface area contributed by atoms with Crippen LogP contribution in [-0.4, -0.2) is 17.0 Å². The lowest BCUT2D eigenvalue weighted by atomic mass is 10.2. The summed E-state index contributed by atoms with van der Waals surface area (Å²) >= 11 is 13.6. The Labute approximate surface area is 176 Å². The minimum atomic E-state index is -0.202. The molecular formula is C20H14Cl2N4OS. The third-order valence-electron chi connectivity index (χ3n) is 4.17. The van der Waals surface area contributed by atoms with Crippen LogP contribution in [0.25, 0.3) is 10.2 Å². The molecule has 0 N–H and O–H groups in total. The molecule has 0 saturated carbocycles. The summed E-state index contributed by atoms with van der Waals surface area (Å²) in [7, 11) is 0. The van der Waals surface area contributed by atoms with Crippen LogP contribution in [0.4, 0.5) is 5.13 Å². The predicted molar refractivity (Wildman–Crippen MR) is 114 cm³/mol. The van der Waals surface area contributed by atoms with E-state index < -0.39 is 0 Å². The molecule has 2 aromatic carbocycles. The average Bonchev–Trinajstić information content (AvgIpc) is 3.13. The quantitative estimate of drug-likeness (QED) is 0.527. The van der Waals surface area contributed by atoms with E-state index >= 15 is 0 Å². The van der Waals surface area contributed by atoms with Gasteiger partial charge in [-0.3, -0.25) is 4.90 Å². The molecule has 1 aromatic heterocycles. The molecule has 28 heavy (non-hydrogen) atoms. The molecule has 4 rings (SSSR count). The maximum Gasteiger partial charge on any atom is 0.299 e. The summed E-state index contributed by atoms with van der Waals surface area (Å²) in [5.74, 6) is 0. The molecule has 140 valence electrons. The summed E-state index contributed by atoms with van der Waals surface area (Å²) < 4.78 is 7.05. The number of hydrogen-bond acceptors (Lipinski definition) is 6. The van der Waals surface area contributed by atoms with Crippen molar-refractivity contribution in [2.75, 3.05) is 4.90 Å². The number of aliphatic imine (C=N–C) groups is 1. The third kappa shape index (κ3) is 3.83. The standard InChI is InChI=1S/C20H14Cl2N4OS/c21-15-6-5-13(11-16(15)22)12-27-19-24-10-8-14(7-9-23)26(19)20-25-17-3-1-2-4-18(17)28-20/h1-6,8,10-11,14H,7,12H2. The van der Waals surface area contributed by atoms with Crippen molar-refractivity contribution in [1.29, 1.82) is 5.26 Å². The van der Waals surface area contributed by atoms with E-state index in [9.17, 15) is 5.26 Å². The van der Waals surface area contributed by atoms with Crippen molar-refractivity contribution in [1.82, 2.24) is 4.98 Å². The molecule has 0 bridgehead atoms. The van der Waals surface area contributed by atoms with Gasteiger partial charge in [0.2, 0.25) is 0 Å². The van der Waals surface area contributed by atoms with Gasteiger partial charge in [-0.2, -0.15) is 5.26 Å². The van der Waals surface area contributed by atoms with E-state index in [1.165, 1.54) is 11.3 Å².